The van der Waals surface area contributed by atoms with Crippen molar-refractivity contribution in [1.82, 2.24) is 0 Å². The topological polar surface area (TPSA) is 38.7 Å². The molecule has 0 bridgehead atoms. The van der Waals surface area contributed by atoms with E-state index in [1.807, 2.05) is 37.3 Å². The summed E-state index contributed by atoms with van der Waals surface area (Å²) in [4.78, 5) is 0. The number of hydrogen-bond donors (Lipinski definition) is 1. The zero-order valence-corrected chi connectivity index (χ0v) is 18.6. The van der Waals surface area contributed by atoms with Gasteiger partial charge in [0.2, 0.25) is 6.29 Å². The maximum Gasteiger partial charge on any atom is 0.233 e. The van der Waals surface area contributed by atoms with Gasteiger partial charge in [-0.25, -0.2) is 0 Å². The van der Waals surface area contributed by atoms with Gasteiger partial charge < -0.3 is 14.6 Å². The largest absolute Gasteiger partial charge is 0.461 e. The van der Waals surface area contributed by atoms with Gasteiger partial charge in [-0.3, -0.25) is 0 Å². The van der Waals surface area contributed by atoms with Crippen LogP contribution in [-0.2, 0) is 29.6 Å². The number of ether oxygens (including phenoxy) is 2. The molecule has 0 aromatic heterocycles. The fourth-order valence-corrected chi connectivity index (χ4v) is 5.96. The Morgan fingerprint density at radius 1 is 0.844 bits per heavy atom. The van der Waals surface area contributed by atoms with E-state index in [0.29, 0.717) is 0 Å². The molecule has 0 radical (unpaired) electrons. The smallest absolute Gasteiger partial charge is 0.233 e. The Hall–Kier alpha value is -2.62. The number of rotatable bonds is 2. The van der Waals surface area contributed by atoms with Crippen molar-refractivity contribution in [3.05, 3.63) is 100 Å². The Labute approximate surface area is 190 Å². The zero-order valence-electron chi connectivity index (χ0n) is 18.6. The van der Waals surface area contributed by atoms with Crippen LogP contribution in [0.15, 0.2) is 66.7 Å². The summed E-state index contributed by atoms with van der Waals surface area (Å²) in [7, 11) is 0. The SMILES string of the molecule is C[C@](O)(c1ccccc1)C1Oc2ccc3c(c2[C@H]2c4ccccc4CCC2O1)CCCC3. The predicted octanol–water partition coefficient (Wildman–Crippen LogP) is 5.65. The highest BCUT2D eigenvalue weighted by atomic mass is 16.7. The summed E-state index contributed by atoms with van der Waals surface area (Å²) in [6.07, 6.45) is 5.80. The van der Waals surface area contributed by atoms with Crippen molar-refractivity contribution in [1.29, 1.82) is 0 Å². The average molecular weight is 427 g/mol. The monoisotopic (exact) mass is 426 g/mol. The molecule has 1 heterocycles. The molecule has 4 atom stereocenters. The summed E-state index contributed by atoms with van der Waals surface area (Å²) in [5.74, 6) is 1.01. The first-order chi connectivity index (χ1) is 15.6. The van der Waals surface area contributed by atoms with Crippen LogP contribution >= 0.6 is 0 Å². The van der Waals surface area contributed by atoms with Crippen molar-refractivity contribution in [2.45, 2.75) is 69.4 Å². The fraction of sp³-hybridized carbons (Fsp3) is 0.379. The van der Waals surface area contributed by atoms with Crippen molar-refractivity contribution in [2.24, 2.45) is 0 Å². The molecule has 0 saturated carbocycles. The Bertz CT molecular complexity index is 1130. The minimum Gasteiger partial charge on any atom is -0.461 e. The van der Waals surface area contributed by atoms with Gasteiger partial charge in [-0.1, -0.05) is 60.7 Å². The van der Waals surface area contributed by atoms with E-state index in [1.54, 1.807) is 0 Å². The van der Waals surface area contributed by atoms with Gasteiger partial charge in [0.25, 0.3) is 0 Å². The number of hydrogen-bond acceptors (Lipinski definition) is 3. The molecule has 2 aliphatic carbocycles. The predicted molar refractivity (Wildman–Crippen MR) is 125 cm³/mol. The van der Waals surface area contributed by atoms with Gasteiger partial charge in [0.1, 0.15) is 11.4 Å². The molecule has 0 amide bonds. The van der Waals surface area contributed by atoms with Crippen LogP contribution < -0.4 is 4.74 Å². The molecule has 3 heteroatoms. The van der Waals surface area contributed by atoms with Gasteiger partial charge in [0.15, 0.2) is 0 Å². The molecule has 3 aromatic carbocycles. The van der Waals surface area contributed by atoms with Crippen LogP contribution in [0.2, 0.25) is 0 Å². The summed E-state index contributed by atoms with van der Waals surface area (Å²) >= 11 is 0. The standard InChI is InChI=1S/C29H30O3/c1-29(30,21-11-3-2-4-12-21)28-31-24-17-15-19-9-5-7-13-22(19)26(24)27-23-14-8-6-10-20(23)16-18-25(27)32-28/h2-5,7,9,11-13,16,18,24,26,28,30H,6,8,10,14-15,17H2,1H3/t24?,26-,28?,29-/m0/s1. The lowest BCUT2D eigenvalue weighted by molar-refractivity contribution is -0.216. The summed E-state index contributed by atoms with van der Waals surface area (Å²) in [5.41, 5.74) is 6.50. The lowest BCUT2D eigenvalue weighted by Gasteiger charge is -2.37. The molecular weight excluding hydrogens is 396 g/mol. The van der Waals surface area contributed by atoms with Crippen LogP contribution in [0.25, 0.3) is 0 Å². The molecule has 2 unspecified atom stereocenters. The maximum atomic E-state index is 11.6. The molecule has 6 rings (SSSR count). The van der Waals surface area contributed by atoms with Crippen molar-refractivity contribution < 1.29 is 14.6 Å². The lowest BCUT2D eigenvalue weighted by Crippen LogP contribution is -2.45. The molecule has 0 saturated heterocycles. The molecule has 32 heavy (non-hydrogen) atoms. The van der Waals surface area contributed by atoms with E-state index in [2.05, 4.69) is 36.4 Å². The first-order valence-corrected chi connectivity index (χ1v) is 12.0. The quantitative estimate of drug-likeness (QED) is 0.575. The second kappa shape index (κ2) is 7.75. The van der Waals surface area contributed by atoms with E-state index in [9.17, 15) is 5.11 Å². The third kappa shape index (κ3) is 3.18. The second-order valence-corrected chi connectivity index (χ2v) is 9.68. The van der Waals surface area contributed by atoms with E-state index in [4.69, 9.17) is 9.47 Å². The minimum absolute atomic E-state index is 0.0280. The highest BCUT2D eigenvalue weighted by molar-refractivity contribution is 5.55. The third-order valence-corrected chi connectivity index (χ3v) is 7.66. The van der Waals surface area contributed by atoms with E-state index < -0.39 is 11.9 Å². The molecule has 3 aromatic rings. The van der Waals surface area contributed by atoms with E-state index in [-0.39, 0.29) is 12.0 Å². The van der Waals surface area contributed by atoms with Gasteiger partial charge in [0, 0.05) is 11.5 Å². The highest BCUT2D eigenvalue weighted by Gasteiger charge is 2.46. The van der Waals surface area contributed by atoms with Gasteiger partial charge >= 0.3 is 0 Å². The molecule has 0 spiro atoms. The van der Waals surface area contributed by atoms with E-state index in [0.717, 1.165) is 37.0 Å². The average Bonchev–Trinajstić information content (AvgIpc) is 3.02. The lowest BCUT2D eigenvalue weighted by atomic mass is 9.73. The van der Waals surface area contributed by atoms with Crippen molar-refractivity contribution in [2.75, 3.05) is 0 Å². The van der Waals surface area contributed by atoms with Crippen molar-refractivity contribution >= 4 is 0 Å². The van der Waals surface area contributed by atoms with Crippen LogP contribution in [0.4, 0.5) is 0 Å². The summed E-state index contributed by atoms with van der Waals surface area (Å²) in [5, 5.41) is 11.6. The minimum atomic E-state index is -1.26. The van der Waals surface area contributed by atoms with Crippen molar-refractivity contribution in [3.63, 3.8) is 0 Å². The summed E-state index contributed by atoms with van der Waals surface area (Å²) < 4.78 is 13.3. The molecule has 0 fully saturated rings. The fourth-order valence-electron chi connectivity index (χ4n) is 5.96. The van der Waals surface area contributed by atoms with Crippen LogP contribution in [0.1, 0.15) is 65.5 Å². The van der Waals surface area contributed by atoms with Crippen molar-refractivity contribution in [3.8, 4) is 5.75 Å². The van der Waals surface area contributed by atoms with Crippen LogP contribution in [0.5, 0.6) is 5.75 Å². The molecule has 164 valence electrons. The number of aliphatic hydroxyl groups is 1. The van der Waals surface area contributed by atoms with Crippen LogP contribution in [-0.4, -0.2) is 17.5 Å². The Morgan fingerprint density at radius 2 is 1.62 bits per heavy atom. The first kappa shape index (κ1) is 20.0. The first-order valence-electron chi connectivity index (χ1n) is 12.0. The Balaban J connectivity index is 1.52. The van der Waals surface area contributed by atoms with Gasteiger partial charge in [-0.05, 0) is 79.3 Å². The molecule has 3 nitrogen and oxygen atoms in total. The molecular formula is C29H30O3. The number of benzene rings is 3. The normalized spacial score (nSPS) is 25.8. The van der Waals surface area contributed by atoms with E-state index in [1.165, 1.54) is 40.7 Å². The van der Waals surface area contributed by atoms with Gasteiger partial charge in [0.05, 0.1) is 6.10 Å². The third-order valence-electron chi connectivity index (χ3n) is 7.66. The van der Waals surface area contributed by atoms with E-state index >= 15 is 0 Å². The Kier molecular flexibility index (Phi) is 4.85. The summed E-state index contributed by atoms with van der Waals surface area (Å²) in [6.45, 7) is 1.81. The highest BCUT2D eigenvalue weighted by Crippen LogP contribution is 2.49. The van der Waals surface area contributed by atoms with Crippen LogP contribution in [0.3, 0.4) is 0 Å². The molecule has 1 N–H and O–H groups in total. The summed E-state index contributed by atoms with van der Waals surface area (Å²) in [6, 6.07) is 22.9. The number of aryl methyl sites for hydroxylation is 2. The molecule has 3 aliphatic rings. The second-order valence-electron chi connectivity index (χ2n) is 9.68. The van der Waals surface area contributed by atoms with Gasteiger partial charge in [-0.2, -0.15) is 0 Å². The zero-order chi connectivity index (χ0) is 21.7. The molecule has 1 aliphatic heterocycles. The number of fused-ring (bicyclic) bond motifs is 7. The van der Waals surface area contributed by atoms with Crippen LogP contribution in [0, 0.1) is 0 Å². The maximum absolute atomic E-state index is 11.6. The Morgan fingerprint density at radius 3 is 2.50 bits per heavy atom. The van der Waals surface area contributed by atoms with Gasteiger partial charge in [-0.15, -0.1) is 0 Å².